The number of methoxy groups -OCH3 is 1. The van der Waals surface area contributed by atoms with Crippen molar-refractivity contribution < 1.29 is 9.53 Å². The van der Waals surface area contributed by atoms with Gasteiger partial charge in [-0.15, -0.1) is 0 Å². The number of nitrogens with one attached hydrogen (secondary N) is 1. The number of nitrogens with two attached hydrogens (primary N) is 1. The van der Waals surface area contributed by atoms with Gasteiger partial charge in [0.15, 0.2) is 0 Å². The highest BCUT2D eigenvalue weighted by Crippen LogP contribution is 2.27. The zero-order valence-corrected chi connectivity index (χ0v) is 14.6. The van der Waals surface area contributed by atoms with E-state index in [2.05, 4.69) is 5.32 Å². The number of rotatable bonds is 7. The molecule has 2 aromatic rings. The minimum absolute atomic E-state index is 0.485. The fourth-order valence-electron chi connectivity index (χ4n) is 2.18. The van der Waals surface area contributed by atoms with Gasteiger partial charge >= 0.3 is 0 Å². The number of benzene rings is 2. The summed E-state index contributed by atoms with van der Waals surface area (Å²) in [5.41, 5.74) is 8.19. The van der Waals surface area contributed by atoms with E-state index in [0.717, 1.165) is 17.0 Å². The van der Waals surface area contributed by atoms with E-state index < -0.39 is 6.04 Å². The van der Waals surface area contributed by atoms with E-state index in [0.29, 0.717) is 28.4 Å². The van der Waals surface area contributed by atoms with Crippen molar-refractivity contribution in [2.45, 2.75) is 12.5 Å². The monoisotopic (exact) mass is 364 g/mol. The van der Waals surface area contributed by atoms with Gasteiger partial charge in [-0.05, 0) is 42.0 Å². The van der Waals surface area contributed by atoms with E-state index in [1.165, 1.54) is 0 Å². The Balaban J connectivity index is 2.27. The van der Waals surface area contributed by atoms with Crippen molar-refractivity contribution in [1.29, 1.82) is 0 Å². The molecule has 1 atom stereocenters. The van der Waals surface area contributed by atoms with Gasteiger partial charge in [0.2, 0.25) is 0 Å². The number of anilines is 1. The van der Waals surface area contributed by atoms with Gasteiger partial charge in [0.1, 0.15) is 12.0 Å². The van der Waals surface area contributed by atoms with Crippen molar-refractivity contribution in [3.8, 4) is 5.75 Å². The second kappa shape index (κ2) is 8.73. The minimum atomic E-state index is -0.704. The molecule has 0 fully saturated rings. The van der Waals surface area contributed by atoms with E-state index in [1.807, 2.05) is 24.3 Å². The molecule has 0 radical (unpaired) electrons. The van der Waals surface area contributed by atoms with E-state index >= 15 is 0 Å². The maximum absolute atomic E-state index is 10.9. The summed E-state index contributed by atoms with van der Waals surface area (Å²) >= 11 is 12.1. The van der Waals surface area contributed by atoms with Gasteiger partial charge in [0.05, 0.1) is 23.9 Å². The Morgan fingerprint density at radius 2 is 2.08 bits per heavy atom. The third-order valence-electron chi connectivity index (χ3n) is 3.31. The van der Waals surface area contributed by atoms with Gasteiger partial charge in [-0.25, -0.2) is 0 Å². The molecule has 0 aliphatic heterocycles. The van der Waals surface area contributed by atoms with Crippen molar-refractivity contribution in [2.75, 3.05) is 12.4 Å². The van der Waals surface area contributed by atoms with E-state index in [4.69, 9.17) is 33.7 Å². The van der Waals surface area contributed by atoms with Crippen LogP contribution in [0.25, 0.3) is 0 Å². The summed E-state index contributed by atoms with van der Waals surface area (Å²) in [7, 11) is 1.61. The molecule has 0 heterocycles. The number of halogens is 2. The first kappa shape index (κ1) is 18.3. The van der Waals surface area contributed by atoms with Crippen LogP contribution in [0.15, 0.2) is 54.2 Å². The first-order valence-electron chi connectivity index (χ1n) is 7.28. The van der Waals surface area contributed by atoms with Gasteiger partial charge < -0.3 is 20.6 Å². The molecular weight excluding hydrogens is 347 g/mol. The number of ether oxygens (including phenoxy) is 1. The molecule has 126 valence electrons. The van der Waals surface area contributed by atoms with Gasteiger partial charge in [0, 0.05) is 17.1 Å². The minimum Gasteiger partial charge on any atom is -0.497 e. The third-order valence-corrected chi connectivity index (χ3v) is 3.85. The molecule has 0 amide bonds. The highest BCUT2D eigenvalue weighted by molar-refractivity contribution is 6.36. The third kappa shape index (κ3) is 5.27. The maximum atomic E-state index is 10.9. The fraction of sp³-hybridized carbons (Fsp3) is 0.167. The Morgan fingerprint density at radius 3 is 2.75 bits per heavy atom. The van der Waals surface area contributed by atoms with Crippen LogP contribution < -0.4 is 15.8 Å². The van der Waals surface area contributed by atoms with Gasteiger partial charge in [-0.1, -0.05) is 35.3 Å². The second-order valence-corrected chi connectivity index (χ2v) is 6.03. The molecule has 6 heteroatoms. The molecule has 0 spiro atoms. The van der Waals surface area contributed by atoms with E-state index in [-0.39, 0.29) is 0 Å². The maximum Gasteiger partial charge on any atom is 0.140 e. The van der Waals surface area contributed by atoms with Crippen molar-refractivity contribution in [1.82, 2.24) is 0 Å². The molecule has 0 bridgehead atoms. The smallest absolute Gasteiger partial charge is 0.140 e. The average molecular weight is 365 g/mol. The molecule has 0 aromatic heterocycles. The van der Waals surface area contributed by atoms with Crippen LogP contribution >= 0.6 is 23.2 Å². The van der Waals surface area contributed by atoms with E-state index in [1.54, 1.807) is 31.4 Å². The molecule has 0 aliphatic carbocycles. The lowest BCUT2D eigenvalue weighted by atomic mass is 10.1. The molecule has 0 saturated heterocycles. The predicted octanol–water partition coefficient (Wildman–Crippen LogP) is 4.07. The molecular formula is C18H18Cl2N2O2. The number of carbonyl (C=O) groups excluding carboxylic acids is 1. The largest absolute Gasteiger partial charge is 0.497 e. The summed E-state index contributed by atoms with van der Waals surface area (Å²) in [5, 5.41) is 4.25. The highest BCUT2D eigenvalue weighted by atomic mass is 35.5. The number of hydrogen-bond acceptors (Lipinski definition) is 4. The number of hydrogen-bond donors (Lipinski definition) is 2. The molecule has 0 saturated carbocycles. The number of carbonyl (C=O) groups is 1. The lowest BCUT2D eigenvalue weighted by molar-refractivity contribution is -0.108. The Bertz CT molecular complexity index is 748. The van der Waals surface area contributed by atoms with Crippen molar-refractivity contribution in [3.05, 3.63) is 69.8 Å². The number of allylic oxidation sites excluding steroid dienone is 1. The highest BCUT2D eigenvalue weighted by Gasteiger charge is 2.08. The van der Waals surface area contributed by atoms with Gasteiger partial charge in [-0.3, -0.25) is 0 Å². The molecule has 4 nitrogen and oxygen atoms in total. The Kier molecular flexibility index (Phi) is 6.67. The van der Waals surface area contributed by atoms with Crippen LogP contribution in [-0.4, -0.2) is 19.4 Å². The van der Waals surface area contributed by atoms with Crippen LogP contribution in [0.1, 0.15) is 5.56 Å². The lowest BCUT2D eigenvalue weighted by Gasteiger charge is -2.14. The quantitative estimate of drug-likeness (QED) is 0.726. The van der Waals surface area contributed by atoms with Crippen molar-refractivity contribution in [3.63, 3.8) is 0 Å². The van der Waals surface area contributed by atoms with Crippen molar-refractivity contribution >= 4 is 35.2 Å². The van der Waals surface area contributed by atoms with Crippen molar-refractivity contribution in [2.24, 2.45) is 5.73 Å². The fourth-order valence-corrected chi connectivity index (χ4v) is 2.64. The summed E-state index contributed by atoms with van der Waals surface area (Å²) in [6, 6.07) is 12.1. The standard InChI is InChI=1S/C18H18Cl2N2O2/c1-24-16-4-2-3-12(8-16)7-15(10-14(21)11-23)22-18-6-5-13(19)9-17(18)20/h2-6,8-11,14,22H,7,21H2,1H3/b15-10-. The SMILES string of the molecule is COc1cccc(C/C(=C/C(N)C=O)Nc2ccc(Cl)cc2Cl)c1. The molecule has 0 aliphatic rings. The summed E-state index contributed by atoms with van der Waals surface area (Å²) in [6.45, 7) is 0. The van der Waals surface area contributed by atoms with Crippen LogP contribution in [0.2, 0.25) is 10.0 Å². The van der Waals surface area contributed by atoms with E-state index in [9.17, 15) is 4.79 Å². The van der Waals surface area contributed by atoms with Gasteiger partial charge in [-0.2, -0.15) is 0 Å². The second-order valence-electron chi connectivity index (χ2n) is 5.18. The zero-order valence-electron chi connectivity index (χ0n) is 13.1. The van der Waals surface area contributed by atoms with Gasteiger partial charge in [0.25, 0.3) is 0 Å². The topological polar surface area (TPSA) is 64.3 Å². The van der Waals surface area contributed by atoms with Crippen LogP contribution in [0, 0.1) is 0 Å². The molecule has 1 unspecified atom stereocenters. The normalized spacial score (nSPS) is 12.6. The Morgan fingerprint density at radius 1 is 1.29 bits per heavy atom. The molecule has 2 rings (SSSR count). The van der Waals surface area contributed by atoms with Crippen LogP contribution in [0.4, 0.5) is 5.69 Å². The summed E-state index contributed by atoms with van der Waals surface area (Å²) in [5.74, 6) is 0.760. The van der Waals surface area contributed by atoms with Crippen LogP contribution in [0.5, 0.6) is 5.75 Å². The predicted molar refractivity (Wildman–Crippen MR) is 98.9 cm³/mol. The zero-order chi connectivity index (χ0) is 17.5. The summed E-state index contributed by atoms with van der Waals surface area (Å²) < 4.78 is 5.23. The molecule has 2 aromatic carbocycles. The summed E-state index contributed by atoms with van der Waals surface area (Å²) in [4.78, 5) is 10.9. The van der Waals surface area contributed by atoms with Crippen LogP contribution in [0.3, 0.4) is 0 Å². The first-order valence-corrected chi connectivity index (χ1v) is 8.04. The lowest BCUT2D eigenvalue weighted by Crippen LogP contribution is -2.20. The first-order chi connectivity index (χ1) is 11.5. The Labute approximate surface area is 151 Å². The van der Waals surface area contributed by atoms with Crippen LogP contribution in [-0.2, 0) is 11.2 Å². The number of aldehydes is 1. The molecule has 3 N–H and O–H groups in total. The summed E-state index contributed by atoms with van der Waals surface area (Å²) in [6.07, 6.45) is 2.88. The molecule has 24 heavy (non-hydrogen) atoms. The average Bonchev–Trinajstić information content (AvgIpc) is 2.57. The Hall–Kier alpha value is -2.01.